The lowest BCUT2D eigenvalue weighted by Crippen LogP contribution is -1.92. The topological polar surface area (TPSA) is 18.1 Å². The molecule has 0 spiro atoms. The summed E-state index contributed by atoms with van der Waals surface area (Å²) in [5.41, 5.74) is 15.3. The fraction of sp³-hybridized carbons (Fsp3) is 0.0189. The van der Waals surface area contributed by atoms with Crippen molar-refractivity contribution < 1.29 is 4.42 Å². The van der Waals surface area contributed by atoms with Crippen LogP contribution in [0.15, 0.2) is 205 Å². The summed E-state index contributed by atoms with van der Waals surface area (Å²) < 4.78 is 8.84. The molecule has 0 unspecified atom stereocenters. The zero-order valence-corrected chi connectivity index (χ0v) is 30.1. The van der Waals surface area contributed by atoms with Crippen molar-refractivity contribution in [1.82, 2.24) is 4.57 Å². The minimum atomic E-state index is 0.807. The Morgan fingerprint density at radius 3 is 1.62 bits per heavy atom. The molecule has 0 saturated carbocycles. The second-order valence-corrected chi connectivity index (χ2v) is 14.5. The van der Waals surface area contributed by atoms with Crippen molar-refractivity contribution in [2.24, 2.45) is 0 Å². The highest BCUT2D eigenvalue weighted by Gasteiger charge is 2.16. The van der Waals surface area contributed by atoms with E-state index in [2.05, 4.69) is 199 Å². The van der Waals surface area contributed by atoms with Crippen LogP contribution in [0.5, 0.6) is 0 Å². The summed E-state index contributed by atoms with van der Waals surface area (Å²) in [6, 6.07) is 72.3. The van der Waals surface area contributed by atoms with Crippen molar-refractivity contribution in [2.75, 3.05) is 0 Å². The summed E-state index contributed by atoms with van der Waals surface area (Å²) in [6.07, 6.45) is 0.807. The number of rotatable bonds is 6. The zero-order chi connectivity index (χ0) is 36.3. The number of aromatic nitrogens is 1. The van der Waals surface area contributed by atoms with Gasteiger partial charge in [-0.15, -0.1) is 0 Å². The maximum Gasteiger partial charge on any atom is 0.139 e. The third-order valence-electron chi connectivity index (χ3n) is 11.3. The van der Waals surface area contributed by atoms with Crippen molar-refractivity contribution in [3.05, 3.63) is 211 Å². The molecule has 0 saturated heterocycles. The molecule has 55 heavy (non-hydrogen) atoms. The van der Waals surface area contributed by atoms with Gasteiger partial charge in [-0.1, -0.05) is 158 Å². The van der Waals surface area contributed by atoms with Gasteiger partial charge in [-0.25, -0.2) is 0 Å². The van der Waals surface area contributed by atoms with Crippen LogP contribution in [-0.4, -0.2) is 4.57 Å². The van der Waals surface area contributed by atoms with Gasteiger partial charge in [0.15, 0.2) is 0 Å². The number of para-hydroxylation sites is 3. The van der Waals surface area contributed by atoms with E-state index >= 15 is 0 Å². The van der Waals surface area contributed by atoms with Crippen LogP contribution in [0.25, 0.3) is 93.6 Å². The maximum atomic E-state index is 6.48. The molecule has 0 amide bonds. The number of nitrogens with zero attached hydrogens (tertiary/aromatic N) is 1. The molecule has 2 nitrogen and oxygen atoms in total. The normalized spacial score (nSPS) is 11.7. The number of furan rings is 1. The monoisotopic (exact) mass is 701 g/mol. The van der Waals surface area contributed by atoms with Crippen LogP contribution in [0.1, 0.15) is 11.1 Å². The number of fused-ring (bicyclic) bond motifs is 8. The van der Waals surface area contributed by atoms with Gasteiger partial charge >= 0.3 is 0 Å². The minimum absolute atomic E-state index is 0.807. The highest BCUT2D eigenvalue weighted by Crippen LogP contribution is 2.39. The molecule has 0 N–H and O–H groups in total. The van der Waals surface area contributed by atoms with Gasteiger partial charge < -0.3 is 8.98 Å². The van der Waals surface area contributed by atoms with Crippen LogP contribution in [0.3, 0.4) is 0 Å². The summed E-state index contributed by atoms with van der Waals surface area (Å²) in [6.45, 7) is 0. The van der Waals surface area contributed by atoms with Gasteiger partial charge in [0.25, 0.3) is 0 Å². The lowest BCUT2D eigenvalue weighted by atomic mass is 9.95. The Balaban J connectivity index is 0.844. The molecule has 2 aromatic heterocycles. The molecule has 0 aliphatic rings. The quantitative estimate of drug-likeness (QED) is 0.169. The Hall–Kier alpha value is -7.16. The van der Waals surface area contributed by atoms with Crippen molar-refractivity contribution >= 4 is 54.5 Å². The largest absolute Gasteiger partial charge is 0.456 e. The molecule has 11 rings (SSSR count). The van der Waals surface area contributed by atoms with Gasteiger partial charge in [-0.2, -0.15) is 0 Å². The molecule has 0 fully saturated rings. The average Bonchev–Trinajstić information content (AvgIpc) is 3.81. The molecule has 258 valence electrons. The van der Waals surface area contributed by atoms with Crippen molar-refractivity contribution in [3.63, 3.8) is 0 Å². The van der Waals surface area contributed by atoms with Gasteiger partial charge in [0.1, 0.15) is 11.2 Å². The molecule has 0 aliphatic heterocycles. The average molecular weight is 702 g/mol. The van der Waals surface area contributed by atoms with Crippen LogP contribution in [0.2, 0.25) is 0 Å². The Labute approximate surface area is 319 Å². The van der Waals surface area contributed by atoms with Crippen molar-refractivity contribution in [2.45, 2.75) is 6.42 Å². The second kappa shape index (κ2) is 12.8. The van der Waals surface area contributed by atoms with Crippen LogP contribution < -0.4 is 0 Å². The predicted octanol–water partition coefficient (Wildman–Crippen LogP) is 14.4. The first-order valence-electron chi connectivity index (χ1n) is 19.0. The van der Waals surface area contributed by atoms with Gasteiger partial charge in [0, 0.05) is 39.2 Å². The molecule has 0 aliphatic carbocycles. The Morgan fingerprint density at radius 2 is 0.909 bits per heavy atom. The summed E-state index contributed by atoms with van der Waals surface area (Å²) >= 11 is 0. The molecule has 2 heteroatoms. The third kappa shape index (κ3) is 5.34. The van der Waals surface area contributed by atoms with Crippen LogP contribution in [0, 0.1) is 0 Å². The van der Waals surface area contributed by atoms with Gasteiger partial charge in [-0.3, -0.25) is 0 Å². The molecule has 0 radical (unpaired) electrons. The van der Waals surface area contributed by atoms with Gasteiger partial charge in [-0.05, 0) is 92.2 Å². The fourth-order valence-corrected chi connectivity index (χ4v) is 8.53. The number of hydrogen-bond acceptors (Lipinski definition) is 1. The van der Waals surface area contributed by atoms with E-state index in [-0.39, 0.29) is 0 Å². The van der Waals surface area contributed by atoms with E-state index in [1.807, 2.05) is 6.07 Å². The van der Waals surface area contributed by atoms with Gasteiger partial charge in [0.2, 0.25) is 0 Å². The van der Waals surface area contributed by atoms with Crippen LogP contribution in [0.4, 0.5) is 0 Å². The van der Waals surface area contributed by atoms with Crippen molar-refractivity contribution in [1.29, 1.82) is 0 Å². The summed E-state index contributed by atoms with van der Waals surface area (Å²) in [5, 5.41) is 7.40. The number of hydrogen-bond donors (Lipinski definition) is 0. The highest BCUT2D eigenvalue weighted by molar-refractivity contribution is 6.19. The smallest absolute Gasteiger partial charge is 0.139 e. The van der Waals surface area contributed by atoms with E-state index < -0.39 is 0 Å². The minimum Gasteiger partial charge on any atom is -0.456 e. The Bertz CT molecular complexity index is 3180. The van der Waals surface area contributed by atoms with E-state index in [0.717, 1.165) is 17.6 Å². The Kier molecular flexibility index (Phi) is 7.28. The fourth-order valence-electron chi connectivity index (χ4n) is 8.53. The molecular formula is C53H35NO. The first kappa shape index (κ1) is 31.4. The first-order chi connectivity index (χ1) is 27.2. The molecular weight excluding hydrogens is 667 g/mol. The van der Waals surface area contributed by atoms with Crippen molar-refractivity contribution in [3.8, 4) is 39.1 Å². The van der Waals surface area contributed by atoms with E-state index in [4.69, 9.17) is 4.42 Å². The maximum absolute atomic E-state index is 6.48. The summed E-state index contributed by atoms with van der Waals surface area (Å²) in [4.78, 5) is 0. The SMILES string of the molecule is c1ccc(-n2c3ccccc3c3cc(-c4ccc(-c5ccc(-c6ccc(Cc7cc8ccccc8c8c7oc7ccccc78)cc6)cc5)cc4)ccc32)cc1. The van der Waals surface area contributed by atoms with E-state index in [1.54, 1.807) is 0 Å². The molecule has 0 atom stereocenters. The van der Waals surface area contributed by atoms with E-state index in [1.165, 1.54) is 93.5 Å². The second-order valence-electron chi connectivity index (χ2n) is 14.5. The van der Waals surface area contributed by atoms with Gasteiger partial charge in [0.05, 0.1) is 11.0 Å². The standard InChI is InChI=1S/C53H35NO/c1-2-11-44(12-3-1)54-49-16-8-6-14-46(49)48-34-41(30-31-50(48)54)40-28-26-39(27-29-40)38-24-22-37(23-25-38)36-20-18-35(19-21-36)32-43-33-42-10-4-5-13-45(42)52-47-15-7-9-17-51(47)55-53(43)52/h1-31,33-34H,32H2. The molecule has 9 aromatic carbocycles. The summed E-state index contributed by atoms with van der Waals surface area (Å²) in [5.74, 6) is 0. The third-order valence-corrected chi connectivity index (χ3v) is 11.3. The van der Waals surface area contributed by atoms with E-state index in [9.17, 15) is 0 Å². The molecule has 11 aromatic rings. The van der Waals surface area contributed by atoms with E-state index in [0.29, 0.717) is 0 Å². The lowest BCUT2D eigenvalue weighted by Gasteiger charge is -2.10. The first-order valence-corrected chi connectivity index (χ1v) is 19.0. The highest BCUT2D eigenvalue weighted by atomic mass is 16.3. The Morgan fingerprint density at radius 1 is 0.382 bits per heavy atom. The number of benzene rings is 9. The predicted molar refractivity (Wildman–Crippen MR) is 231 cm³/mol. The molecule has 2 heterocycles. The molecule has 0 bridgehead atoms. The summed E-state index contributed by atoms with van der Waals surface area (Å²) in [7, 11) is 0. The van der Waals surface area contributed by atoms with Crippen LogP contribution >= 0.6 is 0 Å². The zero-order valence-electron chi connectivity index (χ0n) is 30.1. The lowest BCUT2D eigenvalue weighted by molar-refractivity contribution is 0.664. The van der Waals surface area contributed by atoms with Crippen LogP contribution in [-0.2, 0) is 6.42 Å².